The van der Waals surface area contributed by atoms with Gasteiger partial charge in [0, 0.05) is 50.2 Å². The number of carbonyl (C=O) groups is 1. The van der Waals surface area contributed by atoms with Gasteiger partial charge in [0.25, 0.3) is 0 Å². The number of rotatable bonds is 4. The van der Waals surface area contributed by atoms with E-state index in [1.807, 2.05) is 0 Å². The monoisotopic (exact) mass is 412 g/mol. The van der Waals surface area contributed by atoms with Crippen molar-refractivity contribution >= 4 is 6.03 Å². The van der Waals surface area contributed by atoms with Gasteiger partial charge < -0.3 is 15.1 Å². The number of hydrogen-bond acceptors (Lipinski definition) is 4. The Hall–Kier alpha value is -2.69. The number of carbonyl (C=O) groups excluding carboxylic acids is 1. The number of alkyl halides is 3. The second kappa shape index (κ2) is 7.62. The van der Waals surface area contributed by atoms with Crippen LogP contribution in [0.3, 0.4) is 0 Å². The molecular formula is C18H20F4N6O. The van der Waals surface area contributed by atoms with Crippen molar-refractivity contribution in [3.63, 3.8) is 0 Å². The van der Waals surface area contributed by atoms with Crippen LogP contribution in [0.25, 0.3) is 0 Å². The summed E-state index contributed by atoms with van der Waals surface area (Å²) in [7, 11) is 0. The van der Waals surface area contributed by atoms with E-state index in [-0.39, 0.29) is 30.1 Å². The summed E-state index contributed by atoms with van der Waals surface area (Å²) in [5, 5.41) is 9.76. The molecule has 2 aliphatic heterocycles. The van der Waals surface area contributed by atoms with Crippen LogP contribution in [0.1, 0.15) is 29.3 Å². The van der Waals surface area contributed by atoms with Crippen molar-refractivity contribution in [3.05, 3.63) is 47.3 Å². The van der Waals surface area contributed by atoms with Gasteiger partial charge in [-0.3, -0.25) is 5.10 Å². The first-order chi connectivity index (χ1) is 13.8. The molecule has 3 heterocycles. The fourth-order valence-corrected chi connectivity index (χ4v) is 3.65. The van der Waals surface area contributed by atoms with E-state index in [1.165, 1.54) is 6.33 Å². The summed E-state index contributed by atoms with van der Waals surface area (Å²) in [5.74, 6) is 0.0384. The number of nitrogens with one attached hydrogen (secondary N) is 2. The number of amides is 2. The molecule has 2 aliphatic rings. The lowest BCUT2D eigenvalue weighted by Crippen LogP contribution is -2.62. The predicted molar refractivity (Wildman–Crippen MR) is 94.3 cm³/mol. The average Bonchev–Trinajstić information content (AvgIpc) is 3.31. The lowest BCUT2D eigenvalue weighted by atomic mass is 10.1. The molecule has 7 nitrogen and oxygen atoms in total. The van der Waals surface area contributed by atoms with Gasteiger partial charge in [-0.15, -0.1) is 0 Å². The quantitative estimate of drug-likeness (QED) is 0.756. The fourth-order valence-electron chi connectivity index (χ4n) is 3.65. The van der Waals surface area contributed by atoms with Gasteiger partial charge in [0.1, 0.15) is 18.0 Å². The van der Waals surface area contributed by atoms with E-state index in [4.69, 9.17) is 0 Å². The number of hydrogen-bond donors (Lipinski definition) is 2. The summed E-state index contributed by atoms with van der Waals surface area (Å²) in [6.07, 6.45) is -2.29. The maximum atomic E-state index is 13.9. The molecule has 0 unspecified atom stereocenters. The van der Waals surface area contributed by atoms with Gasteiger partial charge in [-0.25, -0.2) is 14.2 Å². The van der Waals surface area contributed by atoms with Crippen molar-refractivity contribution in [2.24, 2.45) is 0 Å². The number of H-pyrrole nitrogens is 1. The zero-order chi connectivity index (χ0) is 20.6. The lowest BCUT2D eigenvalue weighted by molar-refractivity contribution is -0.137. The van der Waals surface area contributed by atoms with Gasteiger partial charge in [-0.1, -0.05) is 6.07 Å². The highest BCUT2D eigenvalue weighted by Crippen LogP contribution is 2.30. The Morgan fingerprint density at radius 1 is 1.24 bits per heavy atom. The second-order valence-corrected chi connectivity index (χ2v) is 7.37. The molecule has 1 aromatic heterocycles. The number of likely N-dealkylation sites (tertiary alicyclic amines) is 2. The van der Waals surface area contributed by atoms with Crippen LogP contribution in [0.15, 0.2) is 24.5 Å². The van der Waals surface area contributed by atoms with E-state index in [1.54, 1.807) is 9.80 Å². The van der Waals surface area contributed by atoms with Crippen LogP contribution in [0.4, 0.5) is 22.4 Å². The maximum absolute atomic E-state index is 13.9. The van der Waals surface area contributed by atoms with Gasteiger partial charge in [-0.05, 0) is 18.6 Å². The molecular weight excluding hydrogens is 392 g/mol. The SMILES string of the molecule is O=C(N1CC(NCc2ccc(C(F)(F)F)cc2F)C1)N1CC[C@H](c2ncn[nH]2)C1. The van der Waals surface area contributed by atoms with E-state index in [0.717, 1.165) is 24.4 Å². The normalized spacial score (nSPS) is 20.2. The molecule has 29 heavy (non-hydrogen) atoms. The van der Waals surface area contributed by atoms with Crippen molar-refractivity contribution in [2.45, 2.75) is 31.1 Å². The summed E-state index contributed by atoms with van der Waals surface area (Å²) < 4.78 is 51.7. The first-order valence-corrected chi connectivity index (χ1v) is 9.29. The zero-order valence-corrected chi connectivity index (χ0v) is 15.4. The molecule has 0 aliphatic carbocycles. The molecule has 0 saturated carbocycles. The average molecular weight is 412 g/mol. The van der Waals surface area contributed by atoms with Gasteiger partial charge in [0.2, 0.25) is 0 Å². The summed E-state index contributed by atoms with van der Waals surface area (Å²) in [5.41, 5.74) is -0.842. The highest BCUT2D eigenvalue weighted by Gasteiger charge is 2.37. The van der Waals surface area contributed by atoms with Crippen molar-refractivity contribution in [1.29, 1.82) is 0 Å². The molecule has 2 aromatic rings. The minimum atomic E-state index is -4.57. The maximum Gasteiger partial charge on any atom is 0.416 e. The summed E-state index contributed by atoms with van der Waals surface area (Å²) in [6.45, 7) is 2.29. The van der Waals surface area contributed by atoms with E-state index < -0.39 is 17.6 Å². The lowest BCUT2D eigenvalue weighted by Gasteiger charge is -2.41. The molecule has 0 bridgehead atoms. The molecule has 2 fully saturated rings. The molecule has 0 radical (unpaired) electrons. The van der Waals surface area contributed by atoms with Crippen molar-refractivity contribution in [3.8, 4) is 0 Å². The molecule has 2 N–H and O–H groups in total. The second-order valence-electron chi connectivity index (χ2n) is 7.37. The summed E-state index contributed by atoms with van der Waals surface area (Å²) >= 11 is 0. The smallest absolute Gasteiger partial charge is 0.324 e. The van der Waals surface area contributed by atoms with Gasteiger partial charge in [0.05, 0.1) is 5.56 Å². The van der Waals surface area contributed by atoms with Crippen LogP contribution in [0.2, 0.25) is 0 Å². The van der Waals surface area contributed by atoms with E-state index in [9.17, 15) is 22.4 Å². The minimum absolute atomic E-state index is 0.0201. The van der Waals surface area contributed by atoms with Crippen molar-refractivity contribution in [1.82, 2.24) is 30.3 Å². The van der Waals surface area contributed by atoms with Crippen LogP contribution in [0, 0.1) is 5.82 Å². The molecule has 1 aromatic carbocycles. The molecule has 0 spiro atoms. The minimum Gasteiger partial charge on any atom is -0.324 e. The standard InChI is InChI=1S/C18H20F4N6O/c19-15-5-13(18(20,21)22)2-1-11(15)6-23-14-8-28(9-14)17(29)27-4-3-12(7-27)16-24-10-25-26-16/h1-2,5,10,12,14,23H,3-4,6-9H2,(H,24,25,26)/t12-/m0/s1. The molecule has 11 heteroatoms. The highest BCUT2D eigenvalue weighted by molar-refractivity contribution is 5.76. The summed E-state index contributed by atoms with van der Waals surface area (Å²) in [4.78, 5) is 20.2. The molecule has 2 saturated heterocycles. The summed E-state index contributed by atoms with van der Waals surface area (Å²) in [6, 6.07) is 2.45. The van der Waals surface area contributed by atoms with Crippen molar-refractivity contribution < 1.29 is 22.4 Å². The van der Waals surface area contributed by atoms with Crippen LogP contribution >= 0.6 is 0 Å². The van der Waals surface area contributed by atoms with Gasteiger partial charge in [0.15, 0.2) is 0 Å². The number of benzene rings is 1. The Labute approximate surface area is 164 Å². The van der Waals surface area contributed by atoms with Gasteiger partial charge >= 0.3 is 12.2 Å². The fraction of sp³-hybridized carbons (Fsp3) is 0.500. The first-order valence-electron chi connectivity index (χ1n) is 9.29. The van der Waals surface area contributed by atoms with Crippen LogP contribution in [-0.4, -0.2) is 63.2 Å². The van der Waals surface area contributed by atoms with E-state index in [2.05, 4.69) is 20.5 Å². The van der Waals surface area contributed by atoms with Crippen molar-refractivity contribution in [2.75, 3.05) is 26.2 Å². The van der Waals surface area contributed by atoms with Gasteiger partial charge in [-0.2, -0.15) is 18.3 Å². The number of nitrogens with zero attached hydrogens (tertiary/aromatic N) is 4. The number of aromatic nitrogens is 3. The Morgan fingerprint density at radius 2 is 2.03 bits per heavy atom. The molecule has 2 amide bonds. The molecule has 1 atom stereocenters. The predicted octanol–water partition coefficient (Wildman–Crippen LogP) is 2.35. The third-order valence-corrected chi connectivity index (χ3v) is 5.39. The first kappa shape index (κ1) is 19.6. The Balaban J connectivity index is 1.23. The Morgan fingerprint density at radius 3 is 2.69 bits per heavy atom. The largest absolute Gasteiger partial charge is 0.416 e. The Bertz CT molecular complexity index is 866. The van der Waals surface area contributed by atoms with Crippen LogP contribution in [-0.2, 0) is 12.7 Å². The number of halogens is 4. The topological polar surface area (TPSA) is 77.2 Å². The third kappa shape index (κ3) is 4.19. The Kier molecular flexibility index (Phi) is 5.15. The van der Waals surface area contributed by atoms with Crippen LogP contribution in [0.5, 0.6) is 0 Å². The van der Waals surface area contributed by atoms with E-state index in [0.29, 0.717) is 32.2 Å². The number of aromatic amines is 1. The molecule has 4 rings (SSSR count). The number of urea groups is 1. The highest BCUT2D eigenvalue weighted by atomic mass is 19.4. The zero-order valence-electron chi connectivity index (χ0n) is 15.4. The molecule has 156 valence electrons. The third-order valence-electron chi connectivity index (χ3n) is 5.39. The van der Waals surface area contributed by atoms with E-state index >= 15 is 0 Å². The van der Waals surface area contributed by atoms with Crippen LogP contribution < -0.4 is 5.32 Å².